The molecule has 3 nitrogen and oxygen atoms in total. The molecule has 18 heavy (non-hydrogen) atoms. The number of aromatic nitrogens is 1. The van der Waals surface area contributed by atoms with Crippen LogP contribution >= 0.6 is 23.2 Å². The molecule has 0 aliphatic heterocycles. The molecule has 5 heteroatoms. The van der Waals surface area contributed by atoms with Crippen LogP contribution in [0, 0.1) is 0 Å². The number of nitrogens with one attached hydrogen (secondary N) is 2. The number of aromatic amines is 1. The van der Waals surface area contributed by atoms with Crippen molar-refractivity contribution in [2.24, 2.45) is 0 Å². The monoisotopic (exact) mass is 282 g/mol. The number of benzene rings is 1. The molecular formula is C13H12Cl2N2O. The van der Waals surface area contributed by atoms with E-state index in [1.807, 2.05) is 24.3 Å². The second-order valence-electron chi connectivity index (χ2n) is 3.83. The summed E-state index contributed by atoms with van der Waals surface area (Å²) < 4.78 is 0. The molecule has 0 saturated carbocycles. The summed E-state index contributed by atoms with van der Waals surface area (Å²) >= 11 is 11.8. The summed E-state index contributed by atoms with van der Waals surface area (Å²) in [5.74, 6) is -0.172. The molecule has 1 heterocycles. The van der Waals surface area contributed by atoms with E-state index in [1.54, 1.807) is 12.3 Å². The van der Waals surface area contributed by atoms with Crippen molar-refractivity contribution < 1.29 is 4.79 Å². The summed E-state index contributed by atoms with van der Waals surface area (Å²) in [5, 5.41) is 4.04. The Hall–Kier alpha value is -1.45. The second-order valence-corrected chi connectivity index (χ2v) is 4.67. The fourth-order valence-corrected chi connectivity index (χ4v) is 2.00. The van der Waals surface area contributed by atoms with Crippen LogP contribution in [0.2, 0.25) is 10.0 Å². The predicted octanol–water partition coefficient (Wildman–Crippen LogP) is 3.29. The van der Waals surface area contributed by atoms with Crippen molar-refractivity contribution >= 4 is 29.1 Å². The minimum Gasteiger partial charge on any atom is -0.356 e. The molecule has 0 atom stereocenters. The molecular weight excluding hydrogens is 271 g/mol. The maximum Gasteiger partial charge on any atom is 0.267 e. The van der Waals surface area contributed by atoms with Crippen molar-refractivity contribution in [3.8, 4) is 0 Å². The number of halogens is 2. The van der Waals surface area contributed by atoms with E-state index in [0.717, 1.165) is 10.6 Å². The lowest BCUT2D eigenvalue weighted by molar-refractivity contribution is 0.0950. The third-order valence-corrected chi connectivity index (χ3v) is 3.12. The Balaban J connectivity index is 1.86. The summed E-state index contributed by atoms with van der Waals surface area (Å²) in [5.41, 5.74) is 1.48. The van der Waals surface area contributed by atoms with Gasteiger partial charge in [-0.05, 0) is 24.1 Å². The van der Waals surface area contributed by atoms with Crippen LogP contribution in [-0.4, -0.2) is 17.4 Å². The van der Waals surface area contributed by atoms with Gasteiger partial charge in [0.05, 0.1) is 5.02 Å². The quantitative estimate of drug-likeness (QED) is 0.888. The van der Waals surface area contributed by atoms with Crippen LogP contribution in [0.1, 0.15) is 16.1 Å². The Morgan fingerprint density at radius 2 is 2.06 bits per heavy atom. The Kier molecular flexibility index (Phi) is 4.28. The smallest absolute Gasteiger partial charge is 0.267 e. The Morgan fingerprint density at radius 1 is 1.28 bits per heavy atom. The third kappa shape index (κ3) is 3.28. The van der Waals surface area contributed by atoms with Gasteiger partial charge in [0.25, 0.3) is 5.91 Å². The molecule has 0 aliphatic rings. The zero-order chi connectivity index (χ0) is 13.0. The van der Waals surface area contributed by atoms with Gasteiger partial charge in [-0.25, -0.2) is 0 Å². The maximum absolute atomic E-state index is 11.7. The van der Waals surface area contributed by atoms with Crippen molar-refractivity contribution in [1.82, 2.24) is 10.3 Å². The number of rotatable bonds is 4. The molecule has 1 amide bonds. The number of hydrogen-bond acceptors (Lipinski definition) is 1. The molecule has 2 aromatic rings. The molecule has 94 valence electrons. The molecule has 2 N–H and O–H groups in total. The van der Waals surface area contributed by atoms with Crippen LogP contribution < -0.4 is 5.32 Å². The average molecular weight is 283 g/mol. The topological polar surface area (TPSA) is 44.9 Å². The van der Waals surface area contributed by atoms with Crippen LogP contribution in [-0.2, 0) is 6.42 Å². The minimum atomic E-state index is -0.172. The fraction of sp³-hybridized carbons (Fsp3) is 0.154. The van der Waals surface area contributed by atoms with Crippen LogP contribution in [0.5, 0.6) is 0 Å². The van der Waals surface area contributed by atoms with E-state index in [9.17, 15) is 4.79 Å². The van der Waals surface area contributed by atoms with Gasteiger partial charge in [0.15, 0.2) is 0 Å². The summed E-state index contributed by atoms with van der Waals surface area (Å²) in [6.45, 7) is 0.527. The average Bonchev–Trinajstić information content (AvgIpc) is 2.78. The van der Waals surface area contributed by atoms with E-state index in [4.69, 9.17) is 23.2 Å². The van der Waals surface area contributed by atoms with Gasteiger partial charge in [0.1, 0.15) is 5.69 Å². The van der Waals surface area contributed by atoms with E-state index in [2.05, 4.69) is 10.3 Å². The van der Waals surface area contributed by atoms with Gasteiger partial charge in [-0.1, -0.05) is 41.4 Å². The highest BCUT2D eigenvalue weighted by atomic mass is 35.5. The highest BCUT2D eigenvalue weighted by Crippen LogP contribution is 2.15. The van der Waals surface area contributed by atoms with Gasteiger partial charge in [0, 0.05) is 17.8 Å². The van der Waals surface area contributed by atoms with E-state index >= 15 is 0 Å². The second kappa shape index (κ2) is 5.94. The summed E-state index contributed by atoms with van der Waals surface area (Å²) in [4.78, 5) is 14.5. The number of amides is 1. The van der Waals surface area contributed by atoms with Crippen molar-refractivity contribution in [1.29, 1.82) is 0 Å². The SMILES string of the molecule is O=C(NCCc1ccccc1Cl)c1cc(Cl)c[nH]1. The van der Waals surface area contributed by atoms with Crippen molar-refractivity contribution in [2.45, 2.75) is 6.42 Å². The standard InChI is InChI=1S/C13H12Cl2N2O/c14-10-7-12(17-8-10)13(18)16-6-5-9-3-1-2-4-11(9)15/h1-4,7-8,17H,5-6H2,(H,16,18). The first-order chi connectivity index (χ1) is 8.66. The highest BCUT2D eigenvalue weighted by Gasteiger charge is 2.07. The Labute approximate surface area is 115 Å². The zero-order valence-corrected chi connectivity index (χ0v) is 11.1. The van der Waals surface area contributed by atoms with Crippen molar-refractivity contribution in [3.05, 3.63) is 57.8 Å². The Bertz CT molecular complexity index is 551. The van der Waals surface area contributed by atoms with Crippen LogP contribution in [0.4, 0.5) is 0 Å². The van der Waals surface area contributed by atoms with Crippen LogP contribution in [0.3, 0.4) is 0 Å². The molecule has 0 radical (unpaired) electrons. The lowest BCUT2D eigenvalue weighted by Gasteiger charge is -2.05. The van der Waals surface area contributed by atoms with Gasteiger partial charge in [-0.2, -0.15) is 0 Å². The number of H-pyrrole nitrogens is 1. The minimum absolute atomic E-state index is 0.172. The van der Waals surface area contributed by atoms with Crippen molar-refractivity contribution in [3.63, 3.8) is 0 Å². The maximum atomic E-state index is 11.7. The normalized spacial score (nSPS) is 10.3. The first kappa shape index (κ1) is 13.0. The molecule has 1 aromatic heterocycles. The lowest BCUT2D eigenvalue weighted by atomic mass is 10.1. The summed E-state index contributed by atoms with van der Waals surface area (Å²) in [6.07, 6.45) is 2.27. The Morgan fingerprint density at radius 3 is 2.72 bits per heavy atom. The molecule has 0 aliphatic carbocycles. The molecule has 0 spiro atoms. The van der Waals surface area contributed by atoms with E-state index in [0.29, 0.717) is 23.7 Å². The largest absolute Gasteiger partial charge is 0.356 e. The van der Waals surface area contributed by atoms with E-state index < -0.39 is 0 Å². The van der Waals surface area contributed by atoms with Gasteiger partial charge in [-0.15, -0.1) is 0 Å². The molecule has 0 bridgehead atoms. The van der Waals surface area contributed by atoms with E-state index in [1.165, 1.54) is 0 Å². The number of hydrogen-bond donors (Lipinski definition) is 2. The number of carbonyl (C=O) groups is 1. The third-order valence-electron chi connectivity index (χ3n) is 2.53. The fourth-order valence-electron chi connectivity index (χ4n) is 1.61. The first-order valence-electron chi connectivity index (χ1n) is 5.52. The molecule has 1 aromatic carbocycles. The van der Waals surface area contributed by atoms with Crippen LogP contribution in [0.15, 0.2) is 36.5 Å². The first-order valence-corrected chi connectivity index (χ1v) is 6.28. The summed E-state index contributed by atoms with van der Waals surface area (Å²) in [7, 11) is 0. The van der Waals surface area contributed by atoms with Crippen molar-refractivity contribution in [2.75, 3.05) is 6.54 Å². The van der Waals surface area contributed by atoms with Gasteiger partial charge < -0.3 is 10.3 Å². The van der Waals surface area contributed by atoms with Gasteiger partial charge in [-0.3, -0.25) is 4.79 Å². The molecule has 0 fully saturated rings. The molecule has 0 saturated heterocycles. The van der Waals surface area contributed by atoms with Crippen LogP contribution in [0.25, 0.3) is 0 Å². The van der Waals surface area contributed by atoms with Gasteiger partial charge in [0.2, 0.25) is 0 Å². The molecule has 2 rings (SSSR count). The lowest BCUT2D eigenvalue weighted by Crippen LogP contribution is -2.25. The summed E-state index contributed by atoms with van der Waals surface area (Å²) in [6, 6.07) is 9.18. The molecule has 0 unspecified atom stereocenters. The van der Waals surface area contributed by atoms with Gasteiger partial charge >= 0.3 is 0 Å². The van der Waals surface area contributed by atoms with E-state index in [-0.39, 0.29) is 5.91 Å². The number of carbonyl (C=O) groups excluding carboxylic acids is 1. The zero-order valence-electron chi connectivity index (χ0n) is 9.54. The highest BCUT2D eigenvalue weighted by molar-refractivity contribution is 6.31. The predicted molar refractivity (Wildman–Crippen MR) is 73.3 cm³/mol.